The second-order valence-corrected chi connectivity index (χ2v) is 4.98. The molecule has 1 aliphatic heterocycles. The number of aromatic nitrogens is 1. The third kappa shape index (κ3) is 2.25. The zero-order valence-electron chi connectivity index (χ0n) is 11.1. The highest BCUT2D eigenvalue weighted by atomic mass is 16.2. The molecule has 1 amide bonds. The Morgan fingerprint density at radius 2 is 1.95 bits per heavy atom. The van der Waals surface area contributed by atoms with Crippen LogP contribution in [0.4, 0.5) is 0 Å². The first-order chi connectivity index (χ1) is 9.77. The van der Waals surface area contributed by atoms with Crippen LogP contribution in [0.2, 0.25) is 0 Å². The first-order valence-electron chi connectivity index (χ1n) is 6.81. The summed E-state index contributed by atoms with van der Waals surface area (Å²) >= 11 is 0. The second kappa shape index (κ2) is 5.33. The standard InChI is InChI=1S/C16H16N2O2/c19-15-13(8-4-10-17-15)16(20)18-11-5-9-14(18)12-6-2-1-3-7-12/h1-4,6-8,10,14H,5,9,11H2,(H,17,19). The lowest BCUT2D eigenvalue weighted by Crippen LogP contribution is -2.34. The number of benzene rings is 1. The van der Waals surface area contributed by atoms with E-state index in [1.807, 2.05) is 30.3 Å². The number of rotatable bonds is 2. The Kier molecular flexibility index (Phi) is 3.37. The van der Waals surface area contributed by atoms with Gasteiger partial charge in [0.15, 0.2) is 0 Å². The summed E-state index contributed by atoms with van der Waals surface area (Å²) in [6.45, 7) is 0.701. The first kappa shape index (κ1) is 12.7. The molecule has 3 rings (SSSR count). The van der Waals surface area contributed by atoms with Gasteiger partial charge in [-0.2, -0.15) is 0 Å². The van der Waals surface area contributed by atoms with Crippen molar-refractivity contribution in [1.29, 1.82) is 0 Å². The molecule has 0 spiro atoms. The highest BCUT2D eigenvalue weighted by Gasteiger charge is 2.31. The molecule has 1 saturated heterocycles. The highest BCUT2D eigenvalue weighted by molar-refractivity contribution is 5.94. The normalized spacial score (nSPS) is 18.2. The lowest BCUT2D eigenvalue weighted by Gasteiger charge is -2.24. The van der Waals surface area contributed by atoms with Gasteiger partial charge in [-0.15, -0.1) is 0 Å². The zero-order valence-corrected chi connectivity index (χ0v) is 11.1. The quantitative estimate of drug-likeness (QED) is 0.909. The monoisotopic (exact) mass is 268 g/mol. The summed E-state index contributed by atoms with van der Waals surface area (Å²) in [7, 11) is 0. The molecule has 102 valence electrons. The van der Waals surface area contributed by atoms with E-state index in [9.17, 15) is 9.59 Å². The van der Waals surface area contributed by atoms with Crippen LogP contribution in [0.25, 0.3) is 0 Å². The van der Waals surface area contributed by atoms with Gasteiger partial charge in [0, 0.05) is 12.7 Å². The van der Waals surface area contributed by atoms with Gasteiger partial charge in [-0.1, -0.05) is 30.3 Å². The largest absolute Gasteiger partial charge is 0.331 e. The zero-order chi connectivity index (χ0) is 13.9. The van der Waals surface area contributed by atoms with Crippen molar-refractivity contribution in [3.8, 4) is 0 Å². The number of hydrogen-bond acceptors (Lipinski definition) is 2. The van der Waals surface area contributed by atoms with Crippen LogP contribution >= 0.6 is 0 Å². The molecule has 1 aromatic carbocycles. The number of hydrogen-bond donors (Lipinski definition) is 1. The average molecular weight is 268 g/mol. The number of nitrogens with one attached hydrogen (secondary N) is 1. The van der Waals surface area contributed by atoms with Gasteiger partial charge in [0.2, 0.25) is 0 Å². The molecule has 1 fully saturated rings. The van der Waals surface area contributed by atoms with E-state index in [1.54, 1.807) is 17.0 Å². The van der Waals surface area contributed by atoms with Crippen molar-refractivity contribution < 1.29 is 4.79 Å². The maximum absolute atomic E-state index is 12.6. The molecule has 1 aromatic heterocycles. The van der Waals surface area contributed by atoms with Crippen molar-refractivity contribution in [3.63, 3.8) is 0 Å². The number of aromatic amines is 1. The molecule has 0 saturated carbocycles. The van der Waals surface area contributed by atoms with Crippen LogP contribution < -0.4 is 5.56 Å². The van der Waals surface area contributed by atoms with Gasteiger partial charge in [0.1, 0.15) is 5.56 Å². The third-order valence-electron chi connectivity index (χ3n) is 3.75. The molecule has 0 radical (unpaired) electrons. The van der Waals surface area contributed by atoms with Crippen molar-refractivity contribution >= 4 is 5.91 Å². The fraction of sp³-hybridized carbons (Fsp3) is 0.250. The van der Waals surface area contributed by atoms with Gasteiger partial charge in [0.05, 0.1) is 6.04 Å². The smallest absolute Gasteiger partial charge is 0.260 e. The molecular weight excluding hydrogens is 252 g/mol. The van der Waals surface area contributed by atoms with Crippen LogP contribution in [0.3, 0.4) is 0 Å². The number of carbonyl (C=O) groups is 1. The van der Waals surface area contributed by atoms with Gasteiger partial charge in [-0.05, 0) is 30.5 Å². The van der Waals surface area contributed by atoms with Gasteiger partial charge >= 0.3 is 0 Å². The molecule has 20 heavy (non-hydrogen) atoms. The van der Waals surface area contributed by atoms with Crippen molar-refractivity contribution in [2.45, 2.75) is 18.9 Å². The van der Waals surface area contributed by atoms with Crippen LogP contribution in [0.5, 0.6) is 0 Å². The fourth-order valence-corrected chi connectivity index (χ4v) is 2.78. The Balaban J connectivity index is 1.92. The summed E-state index contributed by atoms with van der Waals surface area (Å²) < 4.78 is 0. The van der Waals surface area contributed by atoms with E-state index in [1.165, 1.54) is 6.20 Å². The predicted molar refractivity (Wildman–Crippen MR) is 76.5 cm³/mol. The highest BCUT2D eigenvalue weighted by Crippen LogP contribution is 2.32. The summed E-state index contributed by atoms with van der Waals surface area (Å²) in [6, 6.07) is 13.3. The summed E-state index contributed by atoms with van der Waals surface area (Å²) in [5, 5.41) is 0. The maximum Gasteiger partial charge on any atom is 0.260 e. The molecule has 4 nitrogen and oxygen atoms in total. The first-order valence-corrected chi connectivity index (χ1v) is 6.81. The van der Waals surface area contributed by atoms with Crippen molar-refractivity contribution in [1.82, 2.24) is 9.88 Å². The number of carbonyl (C=O) groups excluding carboxylic acids is 1. The van der Waals surface area contributed by atoms with Gasteiger partial charge in [-0.25, -0.2) is 0 Å². The molecular formula is C16H16N2O2. The Hall–Kier alpha value is -2.36. The van der Waals surface area contributed by atoms with E-state index in [0.29, 0.717) is 6.54 Å². The van der Waals surface area contributed by atoms with Crippen molar-refractivity contribution in [2.75, 3.05) is 6.54 Å². The molecule has 0 bridgehead atoms. The molecule has 1 unspecified atom stereocenters. The van der Waals surface area contributed by atoms with E-state index in [2.05, 4.69) is 4.98 Å². The molecule has 4 heteroatoms. The van der Waals surface area contributed by atoms with E-state index in [0.717, 1.165) is 18.4 Å². The summed E-state index contributed by atoms with van der Waals surface area (Å²) in [5.41, 5.74) is 1.03. The maximum atomic E-state index is 12.6. The van der Waals surface area contributed by atoms with Crippen LogP contribution in [-0.2, 0) is 0 Å². The number of amides is 1. The minimum absolute atomic E-state index is 0.0725. The Morgan fingerprint density at radius 1 is 1.15 bits per heavy atom. The molecule has 2 heterocycles. The van der Waals surface area contributed by atoms with Crippen LogP contribution in [0.1, 0.15) is 34.8 Å². The molecule has 0 aliphatic carbocycles. The fourth-order valence-electron chi connectivity index (χ4n) is 2.78. The number of likely N-dealkylation sites (tertiary alicyclic amines) is 1. The van der Waals surface area contributed by atoms with Crippen molar-refractivity contribution in [3.05, 3.63) is 70.1 Å². The summed E-state index contributed by atoms with van der Waals surface area (Å²) in [6.07, 6.45) is 3.45. The number of nitrogens with zero attached hydrogens (tertiary/aromatic N) is 1. The Morgan fingerprint density at radius 3 is 2.70 bits per heavy atom. The van der Waals surface area contributed by atoms with E-state index in [-0.39, 0.29) is 23.1 Å². The van der Waals surface area contributed by atoms with E-state index >= 15 is 0 Å². The molecule has 1 aliphatic rings. The minimum atomic E-state index is -0.323. The molecule has 2 aromatic rings. The lowest BCUT2D eigenvalue weighted by molar-refractivity contribution is 0.0734. The average Bonchev–Trinajstić information content (AvgIpc) is 2.97. The Bertz CT molecular complexity index is 663. The van der Waals surface area contributed by atoms with Gasteiger partial charge in [0.25, 0.3) is 11.5 Å². The second-order valence-electron chi connectivity index (χ2n) is 4.98. The summed E-state index contributed by atoms with van der Waals surface area (Å²) in [4.78, 5) is 28.7. The number of pyridine rings is 1. The van der Waals surface area contributed by atoms with Gasteiger partial charge < -0.3 is 9.88 Å². The van der Waals surface area contributed by atoms with Crippen LogP contribution in [0.15, 0.2) is 53.5 Å². The van der Waals surface area contributed by atoms with E-state index in [4.69, 9.17) is 0 Å². The molecule has 1 N–H and O–H groups in total. The SMILES string of the molecule is O=C(c1ccc[nH]c1=O)N1CCCC1c1ccccc1. The number of H-pyrrole nitrogens is 1. The predicted octanol–water partition coefficient (Wildman–Crippen LogP) is 2.35. The molecule has 1 atom stereocenters. The van der Waals surface area contributed by atoms with Crippen molar-refractivity contribution in [2.24, 2.45) is 0 Å². The van der Waals surface area contributed by atoms with E-state index < -0.39 is 0 Å². The van der Waals surface area contributed by atoms with Crippen LogP contribution in [0, 0.1) is 0 Å². The van der Waals surface area contributed by atoms with Gasteiger partial charge in [-0.3, -0.25) is 9.59 Å². The lowest BCUT2D eigenvalue weighted by atomic mass is 10.0. The summed E-state index contributed by atoms with van der Waals surface area (Å²) in [5.74, 6) is -0.182. The third-order valence-corrected chi connectivity index (χ3v) is 3.75. The topological polar surface area (TPSA) is 53.2 Å². The van der Waals surface area contributed by atoms with Crippen LogP contribution in [-0.4, -0.2) is 22.3 Å². The Labute approximate surface area is 117 Å². The minimum Gasteiger partial charge on any atom is -0.331 e.